The molecule has 0 saturated heterocycles. The molecule has 0 radical (unpaired) electrons. The average molecular weight is 439 g/mol. The van der Waals surface area contributed by atoms with E-state index in [0.717, 1.165) is 24.2 Å². The molecule has 3 aliphatic carbocycles. The van der Waals surface area contributed by atoms with E-state index in [1.807, 2.05) is 19.9 Å². The van der Waals surface area contributed by atoms with Gasteiger partial charge in [0.1, 0.15) is 5.75 Å². The molecule has 5 heteroatoms. The molecule has 2 bridgehead atoms. The van der Waals surface area contributed by atoms with Crippen LogP contribution in [0.4, 0.5) is 4.39 Å². The maximum absolute atomic E-state index is 14.6. The number of rotatable bonds is 7. The minimum absolute atomic E-state index is 0.0214. The second-order valence-electron chi connectivity index (χ2n) is 9.91. The van der Waals surface area contributed by atoms with Crippen molar-refractivity contribution in [2.24, 2.45) is 29.6 Å². The lowest BCUT2D eigenvalue weighted by Gasteiger charge is -2.35. The van der Waals surface area contributed by atoms with E-state index < -0.39 is 18.1 Å². The molecule has 4 nitrogen and oxygen atoms in total. The fraction of sp³-hybridized carbons (Fsp3) is 0.519. The molecular formula is C27H31FO4. The molecule has 0 spiro atoms. The Morgan fingerprint density at radius 2 is 1.78 bits per heavy atom. The van der Waals surface area contributed by atoms with Crippen molar-refractivity contribution in [2.45, 2.75) is 58.3 Å². The third-order valence-corrected chi connectivity index (χ3v) is 7.58. The first-order valence-electron chi connectivity index (χ1n) is 11.9. The van der Waals surface area contributed by atoms with Crippen LogP contribution in [0.15, 0.2) is 48.5 Å². The molecule has 5 rings (SSSR count). The lowest BCUT2D eigenvalue weighted by molar-refractivity contribution is -0.163. The average Bonchev–Trinajstić information content (AvgIpc) is 3.49. The Morgan fingerprint density at radius 3 is 2.56 bits per heavy atom. The summed E-state index contributed by atoms with van der Waals surface area (Å²) < 4.78 is 32.5. The lowest BCUT2D eigenvalue weighted by atomic mass is 9.80. The number of hydrogen-bond acceptors (Lipinski definition) is 4. The summed E-state index contributed by atoms with van der Waals surface area (Å²) >= 11 is 0. The smallest absolute Gasteiger partial charge is 0.343 e. The SMILES string of the molecule is CC(C)C(Oc1cc(C(=O)Oc2ccccc2)ccc1F)OC1CC2CC1C1CCCC21. The summed E-state index contributed by atoms with van der Waals surface area (Å²) in [6.45, 7) is 4.03. The largest absolute Gasteiger partial charge is 0.462 e. The van der Waals surface area contributed by atoms with Crippen LogP contribution in [-0.4, -0.2) is 18.4 Å². The predicted octanol–water partition coefficient (Wildman–Crippen LogP) is 6.25. The first kappa shape index (κ1) is 21.4. The quantitative estimate of drug-likeness (QED) is 0.291. The number of fused-ring (bicyclic) bond motifs is 5. The molecule has 0 heterocycles. The van der Waals surface area contributed by atoms with Gasteiger partial charge in [0.2, 0.25) is 6.29 Å². The van der Waals surface area contributed by atoms with Crippen LogP contribution in [-0.2, 0) is 4.74 Å². The van der Waals surface area contributed by atoms with Crippen molar-refractivity contribution in [2.75, 3.05) is 0 Å². The van der Waals surface area contributed by atoms with E-state index in [1.165, 1.54) is 43.9 Å². The van der Waals surface area contributed by atoms with Crippen molar-refractivity contribution in [1.82, 2.24) is 0 Å². The molecule has 3 fully saturated rings. The normalized spacial score (nSPS) is 29.2. The summed E-state index contributed by atoms with van der Waals surface area (Å²) in [6.07, 6.45) is 6.01. The Hall–Kier alpha value is -2.40. The van der Waals surface area contributed by atoms with Gasteiger partial charge < -0.3 is 14.2 Å². The van der Waals surface area contributed by atoms with Crippen LogP contribution in [0.5, 0.6) is 11.5 Å². The van der Waals surface area contributed by atoms with Gasteiger partial charge >= 0.3 is 5.97 Å². The minimum atomic E-state index is -0.561. The van der Waals surface area contributed by atoms with E-state index in [9.17, 15) is 9.18 Å². The molecule has 3 aliphatic rings. The molecular weight excluding hydrogens is 407 g/mol. The Balaban J connectivity index is 1.28. The highest BCUT2D eigenvalue weighted by atomic mass is 19.1. The number of ether oxygens (including phenoxy) is 3. The molecule has 3 saturated carbocycles. The maximum Gasteiger partial charge on any atom is 0.343 e. The second kappa shape index (κ2) is 8.86. The van der Waals surface area contributed by atoms with Crippen LogP contribution in [0.2, 0.25) is 0 Å². The highest BCUT2D eigenvalue weighted by Gasteiger charge is 2.54. The molecule has 2 aromatic rings. The molecule has 170 valence electrons. The van der Waals surface area contributed by atoms with Crippen molar-refractivity contribution >= 4 is 5.97 Å². The van der Waals surface area contributed by atoms with E-state index in [1.54, 1.807) is 24.3 Å². The van der Waals surface area contributed by atoms with Gasteiger partial charge in [-0.2, -0.15) is 0 Å². The Kier molecular flexibility index (Phi) is 5.93. The monoisotopic (exact) mass is 438 g/mol. The van der Waals surface area contributed by atoms with Crippen LogP contribution >= 0.6 is 0 Å². The molecule has 0 amide bonds. The van der Waals surface area contributed by atoms with Gasteiger partial charge in [-0.15, -0.1) is 0 Å². The molecule has 32 heavy (non-hydrogen) atoms. The van der Waals surface area contributed by atoms with Crippen LogP contribution in [0.3, 0.4) is 0 Å². The molecule has 0 aromatic heterocycles. The third-order valence-electron chi connectivity index (χ3n) is 7.58. The molecule has 0 aliphatic heterocycles. The molecule has 6 unspecified atom stereocenters. The zero-order valence-electron chi connectivity index (χ0n) is 18.7. The van der Waals surface area contributed by atoms with Gasteiger partial charge in [0.15, 0.2) is 11.6 Å². The van der Waals surface area contributed by atoms with Crippen LogP contribution < -0.4 is 9.47 Å². The van der Waals surface area contributed by atoms with Crippen LogP contribution in [0.25, 0.3) is 0 Å². The van der Waals surface area contributed by atoms with Gasteiger partial charge in [-0.05, 0) is 79.7 Å². The first-order valence-corrected chi connectivity index (χ1v) is 11.9. The Labute approximate surface area is 189 Å². The second-order valence-corrected chi connectivity index (χ2v) is 9.91. The van der Waals surface area contributed by atoms with Crippen molar-refractivity contribution in [3.05, 3.63) is 59.9 Å². The minimum Gasteiger partial charge on any atom is -0.462 e. The van der Waals surface area contributed by atoms with Gasteiger partial charge in [0.05, 0.1) is 11.7 Å². The summed E-state index contributed by atoms with van der Waals surface area (Å²) in [5.41, 5.74) is 0.237. The maximum atomic E-state index is 14.6. The zero-order chi connectivity index (χ0) is 22.2. The van der Waals surface area contributed by atoms with Gasteiger partial charge in [-0.3, -0.25) is 0 Å². The summed E-state index contributed by atoms with van der Waals surface area (Å²) in [4.78, 5) is 12.5. The number of carbonyl (C=O) groups excluding carboxylic acids is 1. The van der Waals surface area contributed by atoms with Gasteiger partial charge in [-0.25, -0.2) is 9.18 Å². The summed E-state index contributed by atoms with van der Waals surface area (Å²) in [6, 6.07) is 12.9. The third kappa shape index (κ3) is 4.15. The number of hydrogen-bond donors (Lipinski definition) is 0. The number of para-hydroxylation sites is 1. The van der Waals surface area contributed by atoms with E-state index in [4.69, 9.17) is 14.2 Å². The standard InChI is InChI=1S/C27H31FO4/c1-16(2)27(31-24-15-18-13-22(24)21-10-6-9-20(18)21)32-25-14-17(11-12-23(25)28)26(29)30-19-7-4-3-5-8-19/h3-5,7-8,11-12,14,16,18,20-22,24,27H,6,9-10,13,15H2,1-2H3. The molecule has 6 atom stereocenters. The Morgan fingerprint density at radius 1 is 1.00 bits per heavy atom. The van der Waals surface area contributed by atoms with Gasteiger partial charge in [0.25, 0.3) is 0 Å². The van der Waals surface area contributed by atoms with Crippen molar-refractivity contribution in [1.29, 1.82) is 0 Å². The molecule has 0 N–H and O–H groups in total. The van der Waals surface area contributed by atoms with E-state index in [-0.39, 0.29) is 23.3 Å². The fourth-order valence-corrected chi connectivity index (χ4v) is 6.16. The zero-order valence-corrected chi connectivity index (χ0v) is 18.7. The summed E-state index contributed by atoms with van der Waals surface area (Å²) in [7, 11) is 0. The first-order chi connectivity index (χ1) is 15.5. The number of benzene rings is 2. The topological polar surface area (TPSA) is 44.8 Å². The van der Waals surface area contributed by atoms with Crippen LogP contribution in [0, 0.1) is 35.4 Å². The van der Waals surface area contributed by atoms with E-state index in [2.05, 4.69) is 0 Å². The predicted molar refractivity (Wildman–Crippen MR) is 119 cm³/mol. The van der Waals surface area contributed by atoms with Crippen molar-refractivity contribution in [3.63, 3.8) is 0 Å². The van der Waals surface area contributed by atoms with E-state index in [0.29, 0.717) is 11.7 Å². The highest BCUT2D eigenvalue weighted by Crippen LogP contribution is 2.59. The number of halogens is 1. The van der Waals surface area contributed by atoms with Gasteiger partial charge in [-0.1, -0.05) is 38.5 Å². The fourth-order valence-electron chi connectivity index (χ4n) is 6.16. The summed E-state index contributed by atoms with van der Waals surface area (Å²) in [5.74, 6) is 2.51. The molecule has 2 aromatic carbocycles. The lowest BCUT2D eigenvalue weighted by Crippen LogP contribution is -2.37. The van der Waals surface area contributed by atoms with Crippen molar-refractivity contribution in [3.8, 4) is 11.5 Å². The number of carbonyl (C=O) groups is 1. The number of esters is 1. The van der Waals surface area contributed by atoms with Crippen LogP contribution in [0.1, 0.15) is 56.3 Å². The van der Waals surface area contributed by atoms with Crippen molar-refractivity contribution < 1.29 is 23.4 Å². The Bertz CT molecular complexity index is 959. The summed E-state index contributed by atoms with van der Waals surface area (Å²) in [5, 5.41) is 0. The van der Waals surface area contributed by atoms with E-state index >= 15 is 0 Å². The highest BCUT2D eigenvalue weighted by molar-refractivity contribution is 5.91. The van der Waals surface area contributed by atoms with Gasteiger partial charge in [0, 0.05) is 5.92 Å².